The van der Waals surface area contributed by atoms with Crippen molar-refractivity contribution in [2.45, 2.75) is 32.8 Å². The Bertz CT molecular complexity index is 299. The number of carbonyl (C=O) groups excluding carboxylic acids is 1. The van der Waals surface area contributed by atoms with Crippen LogP contribution in [-0.2, 0) is 9.53 Å². The number of allylic oxidation sites excluding steroid dienone is 2. The van der Waals surface area contributed by atoms with Crippen LogP contribution in [0.25, 0.3) is 0 Å². The molecule has 0 radical (unpaired) electrons. The van der Waals surface area contributed by atoms with E-state index in [1.54, 1.807) is 0 Å². The topological polar surface area (TPSA) is 26.3 Å². The molecule has 0 aromatic carbocycles. The van der Waals surface area contributed by atoms with Crippen LogP contribution in [0.1, 0.15) is 26.7 Å². The van der Waals surface area contributed by atoms with Gasteiger partial charge in [-0.15, -0.1) is 0 Å². The molecule has 2 heteroatoms. The maximum Gasteiger partial charge on any atom is 0.317 e. The summed E-state index contributed by atoms with van der Waals surface area (Å²) in [5.41, 5.74) is 2.64. The first-order valence-corrected chi connectivity index (χ1v) is 4.74. The Hall–Kier alpha value is -1.05. The molecule has 2 atom stereocenters. The molecule has 0 spiro atoms. The van der Waals surface area contributed by atoms with Crippen LogP contribution in [0, 0.1) is 5.92 Å². The Morgan fingerprint density at radius 1 is 1.62 bits per heavy atom. The van der Waals surface area contributed by atoms with Crippen LogP contribution in [0.3, 0.4) is 0 Å². The Labute approximate surface area is 78.3 Å². The summed E-state index contributed by atoms with van der Waals surface area (Å²) in [6, 6.07) is 0. The van der Waals surface area contributed by atoms with Crippen LogP contribution in [0.15, 0.2) is 23.3 Å². The van der Waals surface area contributed by atoms with Crippen LogP contribution in [0.4, 0.5) is 0 Å². The minimum Gasteiger partial charge on any atom is -0.460 e. The predicted molar refractivity (Wildman–Crippen MR) is 50.1 cm³/mol. The van der Waals surface area contributed by atoms with Gasteiger partial charge in [0.1, 0.15) is 12.0 Å². The third kappa shape index (κ3) is 1.21. The maximum absolute atomic E-state index is 11.2. The van der Waals surface area contributed by atoms with E-state index in [1.807, 2.05) is 13.0 Å². The molecule has 0 aromatic heterocycles. The molecule has 2 rings (SSSR count). The van der Waals surface area contributed by atoms with Gasteiger partial charge in [0.2, 0.25) is 0 Å². The molecular formula is C11H14O2. The summed E-state index contributed by atoms with van der Waals surface area (Å²) in [7, 11) is 0. The fourth-order valence-corrected chi connectivity index (χ4v) is 2.14. The summed E-state index contributed by atoms with van der Waals surface area (Å²) in [6.07, 6.45) is 6.17. The zero-order chi connectivity index (χ0) is 9.42. The van der Waals surface area contributed by atoms with E-state index in [-0.39, 0.29) is 18.0 Å². The molecule has 1 aliphatic heterocycles. The molecule has 1 aliphatic carbocycles. The van der Waals surface area contributed by atoms with Crippen LogP contribution < -0.4 is 0 Å². The van der Waals surface area contributed by atoms with Crippen LogP contribution >= 0.6 is 0 Å². The van der Waals surface area contributed by atoms with Gasteiger partial charge < -0.3 is 4.74 Å². The first kappa shape index (κ1) is 8.54. The van der Waals surface area contributed by atoms with E-state index in [0.29, 0.717) is 0 Å². The summed E-state index contributed by atoms with van der Waals surface area (Å²) in [4.78, 5) is 11.2. The average Bonchev–Trinajstić information content (AvgIpc) is 2.34. The molecule has 2 aliphatic rings. The third-order valence-corrected chi connectivity index (χ3v) is 2.90. The quantitative estimate of drug-likeness (QED) is 0.478. The second-order valence-electron chi connectivity index (χ2n) is 3.74. The molecule has 0 saturated carbocycles. The number of hydrogen-bond acceptors (Lipinski definition) is 2. The minimum absolute atomic E-state index is 0.0265. The summed E-state index contributed by atoms with van der Waals surface area (Å²) < 4.78 is 5.04. The normalized spacial score (nSPS) is 32.0. The lowest BCUT2D eigenvalue weighted by molar-refractivity contribution is -0.177. The largest absolute Gasteiger partial charge is 0.460 e. The van der Waals surface area contributed by atoms with E-state index in [0.717, 1.165) is 12.8 Å². The van der Waals surface area contributed by atoms with Crippen molar-refractivity contribution >= 4 is 5.97 Å². The second-order valence-corrected chi connectivity index (χ2v) is 3.74. The van der Waals surface area contributed by atoms with Crippen LogP contribution in [0.2, 0.25) is 0 Å². The van der Waals surface area contributed by atoms with Gasteiger partial charge in [0.15, 0.2) is 0 Å². The highest BCUT2D eigenvalue weighted by molar-refractivity contribution is 5.83. The number of rotatable bonds is 2. The Morgan fingerprint density at radius 2 is 2.38 bits per heavy atom. The van der Waals surface area contributed by atoms with Gasteiger partial charge in [0.05, 0.1) is 0 Å². The molecule has 0 N–H and O–H groups in total. The van der Waals surface area contributed by atoms with Crippen LogP contribution in [0.5, 0.6) is 0 Å². The van der Waals surface area contributed by atoms with Crippen molar-refractivity contribution < 1.29 is 9.53 Å². The number of esters is 1. The molecule has 1 saturated heterocycles. The van der Waals surface area contributed by atoms with Gasteiger partial charge in [-0.1, -0.05) is 17.7 Å². The number of hydrogen-bond donors (Lipinski definition) is 0. The SMILES string of the molecule is C/C=C\CC1=C(C)C[C@@H]2OC(=O)[C@H]12. The van der Waals surface area contributed by atoms with Gasteiger partial charge in [-0.05, 0) is 25.8 Å². The monoisotopic (exact) mass is 178 g/mol. The van der Waals surface area contributed by atoms with Crippen molar-refractivity contribution in [2.75, 3.05) is 0 Å². The van der Waals surface area contributed by atoms with Gasteiger partial charge >= 0.3 is 5.97 Å². The van der Waals surface area contributed by atoms with E-state index < -0.39 is 0 Å². The highest BCUT2D eigenvalue weighted by atomic mass is 16.6. The Morgan fingerprint density at radius 3 is 3.00 bits per heavy atom. The van der Waals surface area contributed by atoms with Crippen LogP contribution in [-0.4, -0.2) is 12.1 Å². The van der Waals surface area contributed by atoms with Crippen molar-refractivity contribution in [2.24, 2.45) is 5.92 Å². The number of fused-ring (bicyclic) bond motifs is 1. The molecule has 70 valence electrons. The van der Waals surface area contributed by atoms with Gasteiger partial charge in [0.25, 0.3) is 0 Å². The fraction of sp³-hybridized carbons (Fsp3) is 0.545. The third-order valence-electron chi connectivity index (χ3n) is 2.90. The summed E-state index contributed by atoms with van der Waals surface area (Å²) in [5.74, 6) is 0.0672. The van der Waals surface area contributed by atoms with Gasteiger partial charge in [0, 0.05) is 6.42 Å². The second kappa shape index (κ2) is 3.02. The molecule has 0 aromatic rings. The zero-order valence-corrected chi connectivity index (χ0v) is 8.04. The highest BCUT2D eigenvalue weighted by Gasteiger charge is 2.48. The predicted octanol–water partition coefficient (Wildman–Crippen LogP) is 2.21. The van der Waals surface area contributed by atoms with E-state index >= 15 is 0 Å². The molecule has 1 fully saturated rings. The van der Waals surface area contributed by atoms with E-state index in [2.05, 4.69) is 13.0 Å². The maximum atomic E-state index is 11.2. The average molecular weight is 178 g/mol. The number of ether oxygens (including phenoxy) is 1. The standard InChI is InChI=1S/C11H14O2/c1-3-4-5-8-7(2)6-9-10(8)11(12)13-9/h3-4,9-10H,5-6H2,1-2H3/b4-3-/t9-,10+/m0/s1. The van der Waals surface area contributed by atoms with Crippen molar-refractivity contribution in [3.63, 3.8) is 0 Å². The lowest BCUT2D eigenvalue weighted by Gasteiger charge is -2.31. The molecular weight excluding hydrogens is 164 g/mol. The van der Waals surface area contributed by atoms with Crippen molar-refractivity contribution in [3.05, 3.63) is 23.3 Å². The van der Waals surface area contributed by atoms with Crippen molar-refractivity contribution in [1.82, 2.24) is 0 Å². The lowest BCUT2D eigenvalue weighted by Crippen LogP contribution is -2.42. The summed E-state index contributed by atoms with van der Waals surface area (Å²) in [5, 5.41) is 0. The van der Waals surface area contributed by atoms with Crippen molar-refractivity contribution in [1.29, 1.82) is 0 Å². The smallest absolute Gasteiger partial charge is 0.317 e. The lowest BCUT2D eigenvalue weighted by atomic mass is 9.92. The van der Waals surface area contributed by atoms with Gasteiger partial charge in [-0.3, -0.25) is 4.79 Å². The molecule has 2 nitrogen and oxygen atoms in total. The molecule has 0 bridgehead atoms. The van der Waals surface area contributed by atoms with Crippen molar-refractivity contribution in [3.8, 4) is 0 Å². The fourth-order valence-electron chi connectivity index (χ4n) is 2.14. The van der Waals surface area contributed by atoms with E-state index in [9.17, 15) is 4.79 Å². The highest BCUT2D eigenvalue weighted by Crippen LogP contribution is 2.43. The van der Waals surface area contributed by atoms with E-state index in [1.165, 1.54) is 11.1 Å². The molecule has 13 heavy (non-hydrogen) atoms. The Balaban J connectivity index is 2.14. The number of carbonyl (C=O) groups is 1. The first-order valence-electron chi connectivity index (χ1n) is 4.74. The van der Waals surface area contributed by atoms with Gasteiger partial charge in [-0.25, -0.2) is 0 Å². The minimum atomic E-state index is -0.0265. The molecule has 0 amide bonds. The van der Waals surface area contributed by atoms with Gasteiger partial charge in [-0.2, -0.15) is 0 Å². The first-order chi connectivity index (χ1) is 6.24. The summed E-state index contributed by atoms with van der Waals surface area (Å²) in [6.45, 7) is 4.11. The van der Waals surface area contributed by atoms with E-state index in [4.69, 9.17) is 4.74 Å². The molecule has 0 unspecified atom stereocenters. The zero-order valence-electron chi connectivity index (χ0n) is 8.04. The summed E-state index contributed by atoms with van der Waals surface area (Å²) >= 11 is 0. The molecule has 1 heterocycles. The Kier molecular flexibility index (Phi) is 1.98.